The second-order valence-corrected chi connectivity index (χ2v) is 4.45. The van der Waals surface area contributed by atoms with Crippen molar-refractivity contribution in [3.05, 3.63) is 54.1 Å². The summed E-state index contributed by atoms with van der Waals surface area (Å²) in [5.41, 5.74) is 8.31. The van der Waals surface area contributed by atoms with Gasteiger partial charge in [0.1, 0.15) is 5.75 Å². The molecule has 0 aliphatic carbocycles. The van der Waals surface area contributed by atoms with Gasteiger partial charge in [-0.25, -0.2) is 0 Å². The summed E-state index contributed by atoms with van der Waals surface area (Å²) >= 11 is 0. The molecule has 0 radical (unpaired) electrons. The summed E-state index contributed by atoms with van der Waals surface area (Å²) in [4.78, 5) is 2.08. The lowest BCUT2D eigenvalue weighted by Crippen LogP contribution is -2.22. The van der Waals surface area contributed by atoms with Gasteiger partial charge in [-0.15, -0.1) is 0 Å². The Morgan fingerprint density at radius 3 is 2.52 bits per heavy atom. The molecule has 0 unspecified atom stereocenters. The van der Waals surface area contributed by atoms with Gasteiger partial charge in [0.15, 0.2) is 5.84 Å². The number of methoxy groups -OCH3 is 1. The van der Waals surface area contributed by atoms with Gasteiger partial charge >= 0.3 is 0 Å². The van der Waals surface area contributed by atoms with Crippen LogP contribution in [0.15, 0.2) is 53.7 Å². The van der Waals surface area contributed by atoms with E-state index < -0.39 is 0 Å². The molecule has 0 heterocycles. The maximum atomic E-state index is 8.98. The Balaban J connectivity index is 2.58. The van der Waals surface area contributed by atoms with Gasteiger partial charge < -0.3 is 20.6 Å². The zero-order chi connectivity index (χ0) is 15.2. The van der Waals surface area contributed by atoms with Gasteiger partial charge in [0.2, 0.25) is 0 Å². The van der Waals surface area contributed by atoms with Crippen LogP contribution in [-0.4, -0.2) is 24.7 Å². The van der Waals surface area contributed by atoms with Gasteiger partial charge in [0.05, 0.1) is 12.8 Å². The summed E-state index contributed by atoms with van der Waals surface area (Å²) in [6, 6.07) is 15.4. The van der Waals surface area contributed by atoms with E-state index in [4.69, 9.17) is 15.7 Å². The molecule has 2 aromatic carbocycles. The monoisotopic (exact) mass is 285 g/mol. The van der Waals surface area contributed by atoms with Gasteiger partial charge in [-0.2, -0.15) is 0 Å². The predicted octanol–water partition coefficient (Wildman–Crippen LogP) is 2.95. The molecule has 0 spiro atoms. The van der Waals surface area contributed by atoms with Crippen LogP contribution in [0.1, 0.15) is 12.5 Å². The van der Waals surface area contributed by atoms with Gasteiger partial charge in [-0.3, -0.25) is 0 Å². The Kier molecular flexibility index (Phi) is 4.66. The van der Waals surface area contributed by atoms with Crippen LogP contribution >= 0.6 is 0 Å². The summed E-state index contributed by atoms with van der Waals surface area (Å²) in [7, 11) is 1.61. The highest BCUT2D eigenvalue weighted by molar-refractivity contribution is 6.03. The fraction of sp³-hybridized carbons (Fsp3) is 0.188. The first-order chi connectivity index (χ1) is 10.2. The number of nitrogens with two attached hydrogens (primary N) is 1. The fourth-order valence-corrected chi connectivity index (χ4v) is 2.23. The average molecular weight is 285 g/mol. The van der Waals surface area contributed by atoms with Crippen molar-refractivity contribution in [2.75, 3.05) is 18.6 Å². The van der Waals surface area contributed by atoms with Crippen LogP contribution in [0.2, 0.25) is 0 Å². The molecule has 0 amide bonds. The standard InChI is InChI=1S/C16H19N3O2/c1-3-19(12-7-5-4-6-8-12)15-11-13(21-2)9-10-14(15)16(17)18-20/h4-11,20H,3H2,1-2H3,(H2,17,18). The SMILES string of the molecule is CCN(c1ccccc1)c1cc(OC)ccc1/C(N)=N/O. The number of ether oxygens (including phenoxy) is 1. The number of hydrogen-bond acceptors (Lipinski definition) is 4. The van der Waals surface area contributed by atoms with E-state index in [2.05, 4.69) is 10.1 Å². The Labute approximate surface area is 124 Å². The molecule has 2 rings (SSSR count). The minimum absolute atomic E-state index is 0.0713. The van der Waals surface area contributed by atoms with Gasteiger partial charge in [0.25, 0.3) is 0 Å². The molecule has 0 saturated heterocycles. The highest BCUT2D eigenvalue weighted by Gasteiger charge is 2.15. The first kappa shape index (κ1) is 14.7. The summed E-state index contributed by atoms with van der Waals surface area (Å²) in [6.45, 7) is 2.78. The maximum Gasteiger partial charge on any atom is 0.172 e. The van der Waals surface area contributed by atoms with Crippen molar-refractivity contribution < 1.29 is 9.94 Å². The Morgan fingerprint density at radius 1 is 1.24 bits per heavy atom. The highest BCUT2D eigenvalue weighted by Crippen LogP contribution is 2.31. The molecule has 0 aliphatic heterocycles. The number of hydrogen-bond donors (Lipinski definition) is 2. The molecule has 21 heavy (non-hydrogen) atoms. The topological polar surface area (TPSA) is 71.1 Å². The predicted molar refractivity (Wildman–Crippen MR) is 84.6 cm³/mol. The summed E-state index contributed by atoms with van der Waals surface area (Å²) in [6.07, 6.45) is 0. The Bertz CT molecular complexity index is 627. The number of rotatable bonds is 5. The van der Waals surface area contributed by atoms with E-state index in [-0.39, 0.29) is 5.84 Å². The van der Waals surface area contributed by atoms with E-state index in [0.29, 0.717) is 11.3 Å². The molecule has 0 bridgehead atoms. The quantitative estimate of drug-likeness (QED) is 0.383. The first-order valence-electron chi connectivity index (χ1n) is 6.69. The number of nitrogens with zero attached hydrogens (tertiary/aromatic N) is 2. The van der Waals surface area contributed by atoms with E-state index in [0.717, 1.165) is 17.9 Å². The van der Waals surface area contributed by atoms with E-state index in [9.17, 15) is 0 Å². The largest absolute Gasteiger partial charge is 0.497 e. The minimum Gasteiger partial charge on any atom is -0.497 e. The average Bonchev–Trinajstić information content (AvgIpc) is 2.55. The molecule has 0 atom stereocenters. The molecule has 0 saturated carbocycles. The van der Waals surface area contributed by atoms with Crippen molar-refractivity contribution in [3.63, 3.8) is 0 Å². The molecule has 2 aromatic rings. The van der Waals surface area contributed by atoms with E-state index in [1.54, 1.807) is 19.2 Å². The molecule has 5 heteroatoms. The lowest BCUT2D eigenvalue weighted by atomic mass is 10.1. The lowest BCUT2D eigenvalue weighted by molar-refractivity contribution is 0.318. The maximum absolute atomic E-state index is 8.98. The van der Waals surface area contributed by atoms with E-state index in [1.165, 1.54) is 0 Å². The summed E-state index contributed by atoms with van der Waals surface area (Å²) < 4.78 is 5.28. The lowest BCUT2D eigenvalue weighted by Gasteiger charge is -2.26. The summed E-state index contributed by atoms with van der Waals surface area (Å²) in [5.74, 6) is 0.788. The molecule has 5 nitrogen and oxygen atoms in total. The van der Waals surface area contributed by atoms with Crippen molar-refractivity contribution >= 4 is 17.2 Å². The Morgan fingerprint density at radius 2 is 1.95 bits per heavy atom. The van der Waals surface area contributed by atoms with Crippen molar-refractivity contribution in [1.82, 2.24) is 0 Å². The van der Waals surface area contributed by atoms with Crippen LogP contribution < -0.4 is 15.4 Å². The number of amidine groups is 1. The van der Waals surface area contributed by atoms with E-state index in [1.807, 2.05) is 43.3 Å². The molecule has 0 aliphatic rings. The summed E-state index contributed by atoms with van der Waals surface area (Å²) in [5, 5.41) is 12.1. The number of oxime groups is 1. The third-order valence-electron chi connectivity index (χ3n) is 3.26. The molecule has 3 N–H and O–H groups in total. The molecular weight excluding hydrogens is 266 g/mol. The van der Waals surface area contributed by atoms with Gasteiger partial charge in [-0.05, 0) is 31.2 Å². The minimum atomic E-state index is 0.0713. The normalized spacial score (nSPS) is 11.2. The third-order valence-corrected chi connectivity index (χ3v) is 3.26. The zero-order valence-corrected chi connectivity index (χ0v) is 12.2. The van der Waals surface area contributed by atoms with Crippen molar-refractivity contribution in [2.45, 2.75) is 6.92 Å². The first-order valence-corrected chi connectivity index (χ1v) is 6.69. The molecular formula is C16H19N3O2. The van der Waals surface area contributed by atoms with Crippen LogP contribution in [-0.2, 0) is 0 Å². The van der Waals surface area contributed by atoms with Crippen LogP contribution in [0.25, 0.3) is 0 Å². The molecule has 110 valence electrons. The Hall–Kier alpha value is -2.69. The fourth-order valence-electron chi connectivity index (χ4n) is 2.23. The van der Waals surface area contributed by atoms with Gasteiger partial charge in [0, 0.05) is 23.9 Å². The third kappa shape index (κ3) is 3.08. The van der Waals surface area contributed by atoms with Crippen molar-refractivity contribution in [2.24, 2.45) is 10.9 Å². The number of benzene rings is 2. The molecule has 0 fully saturated rings. The van der Waals surface area contributed by atoms with Crippen LogP contribution in [0.5, 0.6) is 5.75 Å². The van der Waals surface area contributed by atoms with Gasteiger partial charge in [-0.1, -0.05) is 23.4 Å². The van der Waals surface area contributed by atoms with Crippen molar-refractivity contribution in [3.8, 4) is 5.75 Å². The second kappa shape index (κ2) is 6.65. The second-order valence-electron chi connectivity index (χ2n) is 4.45. The van der Waals surface area contributed by atoms with Crippen LogP contribution in [0.4, 0.5) is 11.4 Å². The van der Waals surface area contributed by atoms with Crippen molar-refractivity contribution in [1.29, 1.82) is 0 Å². The number of anilines is 2. The highest BCUT2D eigenvalue weighted by atomic mass is 16.5. The number of para-hydroxylation sites is 1. The van der Waals surface area contributed by atoms with E-state index >= 15 is 0 Å². The molecule has 0 aromatic heterocycles. The smallest absolute Gasteiger partial charge is 0.172 e. The van der Waals surface area contributed by atoms with Crippen LogP contribution in [0.3, 0.4) is 0 Å². The van der Waals surface area contributed by atoms with Crippen LogP contribution in [0, 0.1) is 0 Å². The zero-order valence-electron chi connectivity index (χ0n) is 12.2.